The topological polar surface area (TPSA) is 55.1 Å². The highest BCUT2D eigenvalue weighted by Crippen LogP contribution is 2.39. The number of carboxylic acids is 1. The number of aromatic carboxylic acids is 1. The minimum Gasteiger partial charge on any atom is -0.478 e. The lowest BCUT2D eigenvalue weighted by Crippen LogP contribution is -2.25. The summed E-state index contributed by atoms with van der Waals surface area (Å²) in [6, 6.07) is 10.2. The third kappa shape index (κ3) is 5.57. The summed E-state index contributed by atoms with van der Waals surface area (Å²) in [4.78, 5) is 16.2. The maximum absolute atomic E-state index is 14.0. The number of halogens is 4. The molecule has 1 aliphatic rings. The van der Waals surface area contributed by atoms with Crippen LogP contribution < -0.4 is 0 Å². The van der Waals surface area contributed by atoms with Crippen LogP contribution in [0.5, 0.6) is 0 Å². The molecule has 1 aliphatic carbocycles. The normalized spacial score (nSPS) is 15.6. The zero-order chi connectivity index (χ0) is 26.0. The van der Waals surface area contributed by atoms with E-state index in [-0.39, 0.29) is 22.5 Å². The summed E-state index contributed by atoms with van der Waals surface area (Å²) in [5.74, 6) is -0.952. The Hall–Kier alpha value is -2.51. The molecule has 3 aromatic rings. The minimum absolute atomic E-state index is 0.0516. The highest BCUT2D eigenvalue weighted by molar-refractivity contribution is 7.98. The van der Waals surface area contributed by atoms with E-state index in [0.717, 1.165) is 16.8 Å². The van der Waals surface area contributed by atoms with E-state index in [0.29, 0.717) is 21.0 Å². The lowest BCUT2D eigenvalue weighted by Gasteiger charge is -2.29. The van der Waals surface area contributed by atoms with Crippen molar-refractivity contribution in [3.63, 3.8) is 0 Å². The Labute approximate surface area is 228 Å². The summed E-state index contributed by atoms with van der Waals surface area (Å²) >= 11 is 19.9. The Morgan fingerprint density at radius 2 is 1.86 bits per heavy atom. The van der Waals surface area contributed by atoms with Crippen LogP contribution in [0.3, 0.4) is 0 Å². The van der Waals surface area contributed by atoms with E-state index in [1.807, 2.05) is 24.4 Å². The molecule has 9 heteroatoms. The van der Waals surface area contributed by atoms with E-state index in [9.17, 15) is 14.3 Å². The first-order valence-corrected chi connectivity index (χ1v) is 13.1. The van der Waals surface area contributed by atoms with Gasteiger partial charge in [0.1, 0.15) is 5.83 Å². The Bertz CT molecular complexity index is 1410. The number of carbonyl (C=O) groups is 1. The van der Waals surface area contributed by atoms with E-state index < -0.39 is 11.4 Å². The fraction of sp³-hybridized carbons (Fsp3) is 0.185. The maximum Gasteiger partial charge on any atom is 0.337 e. The molecule has 1 unspecified atom stereocenters. The van der Waals surface area contributed by atoms with Crippen molar-refractivity contribution in [2.45, 2.75) is 36.2 Å². The van der Waals surface area contributed by atoms with Crippen molar-refractivity contribution in [1.29, 1.82) is 0 Å². The summed E-state index contributed by atoms with van der Waals surface area (Å²) in [5, 5.41) is 11.2. The van der Waals surface area contributed by atoms with Crippen molar-refractivity contribution >= 4 is 52.5 Å². The smallest absolute Gasteiger partial charge is 0.337 e. The van der Waals surface area contributed by atoms with Gasteiger partial charge in [0, 0.05) is 16.9 Å². The SMILES string of the molecule is CC(C)(c1ccc(Cl)c(Cl)c1)c1cnc(SCc2ccc(Cl)c(C(=O)O)c2)n1C1C=CC=C(F)C=C1. The van der Waals surface area contributed by atoms with Gasteiger partial charge in [-0.05, 0) is 47.5 Å². The van der Waals surface area contributed by atoms with Crippen LogP contribution >= 0.6 is 46.6 Å². The van der Waals surface area contributed by atoms with Crippen molar-refractivity contribution in [3.05, 3.63) is 116 Å². The molecule has 186 valence electrons. The average molecular weight is 564 g/mol. The van der Waals surface area contributed by atoms with Gasteiger partial charge in [0.15, 0.2) is 5.16 Å². The largest absolute Gasteiger partial charge is 0.478 e. The van der Waals surface area contributed by atoms with Crippen LogP contribution in [0.2, 0.25) is 15.1 Å². The van der Waals surface area contributed by atoms with E-state index >= 15 is 0 Å². The first-order valence-electron chi connectivity index (χ1n) is 11.0. The van der Waals surface area contributed by atoms with Crippen LogP contribution in [-0.2, 0) is 11.2 Å². The minimum atomic E-state index is -1.08. The maximum atomic E-state index is 14.0. The number of carboxylic acid groups (broad SMARTS) is 1. The third-order valence-corrected chi connectivity index (χ3v) is 8.09. The number of hydrogen-bond donors (Lipinski definition) is 1. The van der Waals surface area contributed by atoms with Gasteiger partial charge in [0.05, 0.1) is 32.9 Å². The van der Waals surface area contributed by atoms with E-state index in [1.54, 1.807) is 36.4 Å². The van der Waals surface area contributed by atoms with Crippen LogP contribution in [0.25, 0.3) is 0 Å². The summed E-state index contributed by atoms with van der Waals surface area (Å²) < 4.78 is 16.0. The molecule has 1 aromatic heterocycles. The molecule has 36 heavy (non-hydrogen) atoms. The molecule has 4 nitrogen and oxygen atoms in total. The van der Waals surface area contributed by atoms with E-state index in [1.165, 1.54) is 23.9 Å². The number of nitrogens with zero attached hydrogens (tertiary/aromatic N) is 2. The molecule has 1 atom stereocenters. The van der Waals surface area contributed by atoms with Crippen molar-refractivity contribution in [2.24, 2.45) is 0 Å². The zero-order valence-corrected chi connectivity index (χ0v) is 22.5. The van der Waals surface area contributed by atoms with Crippen LogP contribution in [0.1, 0.15) is 47.1 Å². The Morgan fingerprint density at radius 1 is 1.11 bits per heavy atom. The Morgan fingerprint density at radius 3 is 2.58 bits per heavy atom. The van der Waals surface area contributed by atoms with E-state index in [4.69, 9.17) is 39.8 Å². The summed E-state index contributed by atoms with van der Waals surface area (Å²) in [7, 11) is 0. The summed E-state index contributed by atoms with van der Waals surface area (Å²) in [6.07, 6.45) is 10.0. The van der Waals surface area contributed by atoms with Gasteiger partial charge in [0.2, 0.25) is 0 Å². The second kappa shape index (κ2) is 10.9. The first-order chi connectivity index (χ1) is 17.1. The van der Waals surface area contributed by atoms with Gasteiger partial charge in [-0.1, -0.05) is 90.8 Å². The molecule has 1 N–H and O–H groups in total. The second-order valence-corrected chi connectivity index (χ2v) is 10.9. The molecule has 0 saturated heterocycles. The van der Waals surface area contributed by atoms with Crippen LogP contribution in [-0.4, -0.2) is 20.6 Å². The second-order valence-electron chi connectivity index (χ2n) is 8.74. The quantitative estimate of drug-likeness (QED) is 0.292. The van der Waals surface area contributed by atoms with Crippen LogP contribution in [0, 0.1) is 0 Å². The van der Waals surface area contributed by atoms with Gasteiger partial charge >= 0.3 is 5.97 Å². The molecule has 0 spiro atoms. The number of imidazole rings is 1. The lowest BCUT2D eigenvalue weighted by molar-refractivity contribution is 0.0697. The first kappa shape index (κ1) is 26.6. The summed E-state index contributed by atoms with van der Waals surface area (Å²) in [6.45, 7) is 4.13. The van der Waals surface area contributed by atoms with Gasteiger partial charge in [-0.25, -0.2) is 14.2 Å². The zero-order valence-electron chi connectivity index (χ0n) is 19.4. The van der Waals surface area contributed by atoms with Crippen molar-refractivity contribution in [1.82, 2.24) is 9.55 Å². The molecule has 0 fully saturated rings. The summed E-state index contributed by atoms with van der Waals surface area (Å²) in [5.41, 5.74) is 2.17. The molecule has 0 amide bonds. The molecule has 0 radical (unpaired) electrons. The number of aromatic nitrogens is 2. The molecule has 0 aliphatic heterocycles. The number of benzene rings is 2. The lowest BCUT2D eigenvalue weighted by atomic mass is 9.81. The van der Waals surface area contributed by atoms with Crippen LogP contribution in [0.15, 0.2) is 84.0 Å². The predicted molar refractivity (Wildman–Crippen MR) is 145 cm³/mol. The predicted octanol–water partition coefficient (Wildman–Crippen LogP) is 8.68. The van der Waals surface area contributed by atoms with Crippen LogP contribution in [0.4, 0.5) is 4.39 Å². The van der Waals surface area contributed by atoms with Crippen molar-refractivity contribution < 1.29 is 14.3 Å². The molecule has 4 rings (SSSR count). The fourth-order valence-electron chi connectivity index (χ4n) is 3.95. The van der Waals surface area contributed by atoms with E-state index in [2.05, 4.69) is 18.4 Å². The highest BCUT2D eigenvalue weighted by Gasteiger charge is 2.31. The Kier molecular flexibility index (Phi) is 8.00. The monoisotopic (exact) mass is 562 g/mol. The molecule has 0 saturated carbocycles. The number of allylic oxidation sites excluding steroid dienone is 6. The third-order valence-electron chi connectivity index (χ3n) is 5.99. The standard InChI is InChI=1S/C27H22Cl3FN2O2S/c1-27(2,17-7-11-22(29)23(30)13-17)24-14-32-26(33(24)19-5-3-4-18(31)8-9-19)36-15-16-6-10-21(28)20(12-16)25(34)35/h3-14,19H,15H2,1-2H3,(H,34,35). The van der Waals surface area contributed by atoms with Gasteiger partial charge in [-0.3, -0.25) is 0 Å². The Balaban J connectivity index is 1.75. The molecule has 2 aromatic carbocycles. The van der Waals surface area contributed by atoms with Crippen molar-refractivity contribution in [3.8, 4) is 0 Å². The van der Waals surface area contributed by atoms with Gasteiger partial charge < -0.3 is 9.67 Å². The highest BCUT2D eigenvalue weighted by atomic mass is 35.5. The number of rotatable bonds is 7. The van der Waals surface area contributed by atoms with Gasteiger partial charge in [-0.15, -0.1) is 0 Å². The van der Waals surface area contributed by atoms with Gasteiger partial charge in [0.25, 0.3) is 0 Å². The fourth-order valence-corrected chi connectivity index (χ4v) is 5.41. The average Bonchev–Trinajstić information content (AvgIpc) is 3.15. The molecular weight excluding hydrogens is 542 g/mol. The molecular formula is C27H22Cl3FN2O2S. The number of hydrogen-bond acceptors (Lipinski definition) is 3. The molecule has 1 heterocycles. The number of thioether (sulfide) groups is 1. The molecule has 0 bridgehead atoms. The van der Waals surface area contributed by atoms with Crippen molar-refractivity contribution in [2.75, 3.05) is 0 Å². The van der Waals surface area contributed by atoms with Gasteiger partial charge in [-0.2, -0.15) is 0 Å².